The van der Waals surface area contributed by atoms with Gasteiger partial charge in [0.15, 0.2) is 36.8 Å². The van der Waals surface area contributed by atoms with Crippen molar-refractivity contribution in [1.82, 2.24) is 0 Å². The van der Waals surface area contributed by atoms with Gasteiger partial charge in [0.05, 0.1) is 19.7 Å². The largest absolute Gasteiger partial charge is 0.202 e. The first-order chi connectivity index (χ1) is 26.0. The summed E-state index contributed by atoms with van der Waals surface area (Å²) in [6, 6.07) is -2.38. The van der Waals surface area contributed by atoms with Gasteiger partial charge in [0.2, 0.25) is 0 Å². The molecule has 0 aromatic carbocycles. The van der Waals surface area contributed by atoms with Crippen molar-refractivity contribution >= 4 is 23.5 Å². The van der Waals surface area contributed by atoms with E-state index in [2.05, 4.69) is 13.8 Å². The Morgan fingerprint density at radius 3 is 1.05 bits per heavy atom. The number of pyridine rings is 2. The molecule has 2 nitrogen and oxygen atoms in total. The molecule has 2 aromatic rings. The van der Waals surface area contributed by atoms with E-state index in [4.69, 9.17) is 13.7 Å². The first-order valence-electron chi connectivity index (χ1n) is 23.1. The minimum absolute atomic E-state index is 0.168. The minimum Gasteiger partial charge on any atom is -0.202 e. The fourth-order valence-corrected chi connectivity index (χ4v) is 8.15. The van der Waals surface area contributed by atoms with Crippen LogP contribution in [-0.4, -0.2) is 23.0 Å². The summed E-state index contributed by atoms with van der Waals surface area (Å²) in [5.74, 6) is 2.87. The van der Waals surface area contributed by atoms with Crippen LogP contribution in [0.1, 0.15) is 181 Å². The third-order valence-electron chi connectivity index (χ3n) is 8.46. The van der Waals surface area contributed by atoms with E-state index >= 15 is 0 Å². The van der Waals surface area contributed by atoms with E-state index in [-0.39, 0.29) is 73.0 Å². The van der Waals surface area contributed by atoms with Gasteiger partial charge in [-0.1, -0.05) is 142 Å². The maximum absolute atomic E-state index is 8.60. The van der Waals surface area contributed by atoms with Crippen molar-refractivity contribution in [2.24, 2.45) is 0 Å². The van der Waals surface area contributed by atoms with Crippen LogP contribution in [0.15, 0.2) is 60.9 Å². The van der Waals surface area contributed by atoms with Gasteiger partial charge in [-0.3, -0.25) is 0 Å². The summed E-state index contributed by atoms with van der Waals surface area (Å²) in [7, 11) is 0. The summed E-state index contributed by atoms with van der Waals surface area (Å²) in [5, 5.41) is 0. The van der Waals surface area contributed by atoms with Crippen LogP contribution in [0.25, 0.3) is 0 Å². The lowest BCUT2D eigenvalue weighted by molar-refractivity contribution is -0.719. The van der Waals surface area contributed by atoms with E-state index < -0.39 is 0 Å². The van der Waals surface area contributed by atoms with E-state index in [1.54, 1.807) is 23.5 Å². The van der Waals surface area contributed by atoms with Gasteiger partial charge < -0.3 is 0 Å². The number of thioether (sulfide) groups is 2. The van der Waals surface area contributed by atoms with E-state index in [0.29, 0.717) is 11.5 Å². The summed E-state index contributed by atoms with van der Waals surface area (Å²) < 4.78 is 86.5. The van der Waals surface area contributed by atoms with Crippen LogP contribution in [-0.2, 0) is 0 Å². The second-order valence-electron chi connectivity index (χ2n) is 12.3. The van der Waals surface area contributed by atoms with Gasteiger partial charge in [-0.05, 0) is 12.8 Å². The molecule has 0 saturated carbocycles. The van der Waals surface area contributed by atoms with Crippen molar-refractivity contribution in [3.8, 4) is 0 Å². The number of nitrogens with zero attached hydrogens (tertiary/aromatic N) is 2. The van der Waals surface area contributed by atoms with E-state index in [1.165, 1.54) is 99.0 Å². The van der Waals surface area contributed by atoms with Crippen molar-refractivity contribution < 1.29 is 22.8 Å². The molecule has 0 aliphatic rings. The van der Waals surface area contributed by atoms with Crippen LogP contribution in [0.3, 0.4) is 0 Å². The summed E-state index contributed by atoms with van der Waals surface area (Å²) >= 11 is 3.45. The zero-order valence-electron chi connectivity index (χ0n) is 38.3. The first kappa shape index (κ1) is 26.0. The van der Waals surface area contributed by atoms with Crippen molar-refractivity contribution in [1.29, 1.82) is 0 Å². The third-order valence-corrected chi connectivity index (χ3v) is 10.9. The molecule has 2 unspecified atom stereocenters. The topological polar surface area (TPSA) is 7.76 Å². The maximum atomic E-state index is 8.60. The van der Waals surface area contributed by atoms with Crippen molar-refractivity contribution in [2.75, 3.05) is 23.0 Å². The zero-order valence-corrected chi connectivity index (χ0v) is 29.9. The smallest absolute Gasteiger partial charge is 0.169 e. The Bertz CT molecular complexity index is 1210. The second kappa shape index (κ2) is 29.4. The highest BCUT2D eigenvalue weighted by Crippen LogP contribution is 2.21. The quantitative estimate of drug-likeness (QED) is 0.0591. The number of unbranched alkanes of at least 4 members (excludes halogenated alkanes) is 18. The molecule has 2 atom stereocenters. The monoisotopic (exact) mass is 653 g/mol. The molecule has 0 aliphatic carbocycles. The molecule has 2 rings (SSSR count). The Morgan fingerprint density at radius 1 is 0.432 bits per heavy atom. The van der Waals surface area contributed by atoms with Crippen LogP contribution in [0.5, 0.6) is 0 Å². The molecule has 0 saturated heterocycles. The summed E-state index contributed by atoms with van der Waals surface area (Å²) in [6.07, 6.45) is 25.1. The van der Waals surface area contributed by atoms with Crippen molar-refractivity contribution in [2.45, 2.75) is 167 Å². The first-order valence-corrected chi connectivity index (χ1v) is 20.4. The highest BCUT2D eigenvalue weighted by molar-refractivity contribution is 8.02. The van der Waals surface area contributed by atoms with Crippen LogP contribution in [0.4, 0.5) is 0 Å². The standard InChI is InChI=1S/C40H70N2S2/c1-3-5-7-9-11-13-15-17-19-23-29-39(41-31-25-21-26-32-41)37-43-35-36-44-38-40(42-33-27-22-28-34-42)30-24-20-18-16-14-12-10-8-6-4-2/h21-22,25-28,31-34,39-40H,3-20,23-24,29-30,35-38H2,1-2H3/q+2/i21D,22D,25D,26D,27D,28D,31D,32D,33D,34D. The van der Waals surface area contributed by atoms with Crippen LogP contribution in [0.2, 0.25) is 0 Å². The van der Waals surface area contributed by atoms with Gasteiger partial charge in [-0.2, -0.15) is 23.5 Å². The van der Waals surface area contributed by atoms with Gasteiger partial charge >= 0.3 is 0 Å². The highest BCUT2D eigenvalue weighted by atomic mass is 32.2. The van der Waals surface area contributed by atoms with E-state index in [9.17, 15) is 0 Å². The molecule has 250 valence electrons. The van der Waals surface area contributed by atoms with E-state index in [0.717, 1.165) is 62.9 Å². The molecule has 0 aliphatic heterocycles. The predicted octanol–water partition coefficient (Wildman–Crippen LogP) is 12.1. The molecule has 2 heterocycles. The normalized spacial score (nSPS) is 16.0. The fourth-order valence-electron chi connectivity index (χ4n) is 5.70. The van der Waals surface area contributed by atoms with Crippen LogP contribution in [0, 0.1) is 0 Å². The molecular formula is C40H70N2S2+2. The zero-order chi connectivity index (χ0) is 39.9. The summed E-state index contributed by atoms with van der Waals surface area (Å²) in [4.78, 5) is 0. The van der Waals surface area contributed by atoms with Gasteiger partial charge in [0.25, 0.3) is 0 Å². The highest BCUT2D eigenvalue weighted by Gasteiger charge is 2.19. The van der Waals surface area contributed by atoms with Gasteiger partial charge in [0.1, 0.15) is 5.48 Å². The van der Waals surface area contributed by atoms with Crippen LogP contribution >= 0.6 is 23.5 Å². The molecule has 0 bridgehead atoms. The number of hydrogen-bond acceptors (Lipinski definition) is 2. The second-order valence-corrected chi connectivity index (χ2v) is 14.6. The molecule has 0 radical (unpaired) electrons. The van der Waals surface area contributed by atoms with Crippen molar-refractivity contribution in [3.63, 3.8) is 0 Å². The summed E-state index contributed by atoms with van der Waals surface area (Å²) in [5.41, 5.74) is 0. The molecular weight excluding hydrogens is 573 g/mol. The molecule has 0 spiro atoms. The average Bonchev–Trinajstić information content (AvgIpc) is 3.16. The predicted molar refractivity (Wildman–Crippen MR) is 199 cm³/mol. The molecule has 2 aromatic heterocycles. The molecule has 44 heavy (non-hydrogen) atoms. The Labute approximate surface area is 297 Å². The number of rotatable bonds is 31. The Kier molecular flexibility index (Phi) is 17.4. The van der Waals surface area contributed by atoms with E-state index in [1.807, 2.05) is 0 Å². The Hall–Kier alpha value is -1.00. The average molecular weight is 653 g/mol. The van der Waals surface area contributed by atoms with Gasteiger partial charge in [0, 0.05) is 48.5 Å². The Morgan fingerprint density at radius 2 is 0.727 bits per heavy atom. The molecule has 4 heteroatoms. The maximum Gasteiger partial charge on any atom is 0.169 e. The Balaban J connectivity index is 1.98. The lowest BCUT2D eigenvalue weighted by Gasteiger charge is -2.14. The fraction of sp³-hybridized carbons (Fsp3) is 0.750. The van der Waals surface area contributed by atoms with Gasteiger partial charge in [-0.15, -0.1) is 0 Å². The summed E-state index contributed by atoms with van der Waals surface area (Å²) in [6.45, 7) is 4.47. The van der Waals surface area contributed by atoms with Crippen LogP contribution < -0.4 is 9.13 Å². The minimum atomic E-state index is -0.368. The molecule has 0 fully saturated rings. The molecule has 0 N–H and O–H groups in total. The number of aromatic nitrogens is 2. The SMILES string of the molecule is [2H]c1c([2H])c([2H])[n+](C(CCCCCCCCCCCC)CSCCSCC(CCCCCCCCCCCC)[n+]2c([2H])c([2H])c([2H])c([2H])c2[2H])c([2H])c1[2H]. The lowest BCUT2D eigenvalue weighted by Crippen LogP contribution is -2.40. The number of hydrogen-bond donors (Lipinski definition) is 0. The third kappa shape index (κ3) is 20.9. The van der Waals surface area contributed by atoms with Crippen molar-refractivity contribution in [3.05, 3.63) is 60.9 Å². The van der Waals surface area contributed by atoms with Gasteiger partial charge in [-0.25, -0.2) is 9.13 Å². The molecule has 0 amide bonds. The lowest BCUT2D eigenvalue weighted by atomic mass is 10.0.